The molecule has 4 nitrogen and oxygen atoms in total. The van der Waals surface area contributed by atoms with E-state index in [9.17, 15) is 18.4 Å². The number of hydrogen-bond acceptors (Lipinski definition) is 2. The van der Waals surface area contributed by atoms with Gasteiger partial charge in [0.25, 0.3) is 5.91 Å². The van der Waals surface area contributed by atoms with Gasteiger partial charge in [0.15, 0.2) is 0 Å². The normalized spacial score (nSPS) is 10.2. The molecule has 1 N–H and O–H groups in total. The molecular formula is C12H13F2NO3. The summed E-state index contributed by atoms with van der Waals surface area (Å²) in [4.78, 5) is 23.5. The minimum absolute atomic E-state index is 0.0124. The van der Waals surface area contributed by atoms with Gasteiger partial charge in [-0.3, -0.25) is 9.59 Å². The van der Waals surface area contributed by atoms with Crippen molar-refractivity contribution < 1.29 is 23.5 Å². The molecule has 0 saturated carbocycles. The molecule has 0 fully saturated rings. The van der Waals surface area contributed by atoms with Gasteiger partial charge < -0.3 is 10.0 Å². The Bertz CT molecular complexity index is 463. The number of halogens is 2. The molecule has 98 valence electrons. The Hall–Kier alpha value is -1.98. The first-order valence-electron chi connectivity index (χ1n) is 5.41. The van der Waals surface area contributed by atoms with Crippen molar-refractivity contribution in [3.8, 4) is 0 Å². The van der Waals surface area contributed by atoms with Gasteiger partial charge in [-0.1, -0.05) is 0 Å². The van der Waals surface area contributed by atoms with E-state index in [1.54, 1.807) is 6.92 Å². The van der Waals surface area contributed by atoms with Crippen LogP contribution < -0.4 is 0 Å². The predicted octanol–water partition coefficient (Wildman–Crippen LogP) is 1.90. The molecule has 0 aliphatic heterocycles. The van der Waals surface area contributed by atoms with E-state index < -0.39 is 23.5 Å². The van der Waals surface area contributed by atoms with Crippen LogP contribution in [0.3, 0.4) is 0 Å². The molecule has 0 spiro atoms. The predicted molar refractivity (Wildman–Crippen MR) is 60.2 cm³/mol. The highest BCUT2D eigenvalue weighted by atomic mass is 19.1. The van der Waals surface area contributed by atoms with Crippen LogP contribution in [0, 0.1) is 11.6 Å². The average molecular weight is 257 g/mol. The van der Waals surface area contributed by atoms with Crippen LogP contribution in [0.5, 0.6) is 0 Å². The zero-order valence-electron chi connectivity index (χ0n) is 9.82. The largest absolute Gasteiger partial charge is 0.481 e. The molecule has 0 unspecified atom stereocenters. The van der Waals surface area contributed by atoms with Crippen molar-refractivity contribution in [1.29, 1.82) is 0 Å². The topological polar surface area (TPSA) is 57.6 Å². The quantitative estimate of drug-likeness (QED) is 0.876. The summed E-state index contributed by atoms with van der Waals surface area (Å²) in [5.74, 6) is -3.40. The standard InChI is InChI=1S/C12H13F2NO3/c1-2-15(6-5-11(16)17)12(18)9-4-3-8(13)7-10(9)14/h3-4,7H,2,5-6H2,1H3,(H,16,17). The number of amides is 1. The molecular weight excluding hydrogens is 244 g/mol. The zero-order chi connectivity index (χ0) is 13.7. The summed E-state index contributed by atoms with van der Waals surface area (Å²) in [5, 5.41) is 8.54. The third-order valence-electron chi connectivity index (χ3n) is 2.43. The van der Waals surface area contributed by atoms with Crippen LogP contribution in [0.25, 0.3) is 0 Å². The Morgan fingerprint density at radius 1 is 1.33 bits per heavy atom. The Morgan fingerprint density at radius 3 is 2.50 bits per heavy atom. The van der Waals surface area contributed by atoms with Crippen LogP contribution in [0.1, 0.15) is 23.7 Å². The summed E-state index contributed by atoms with van der Waals surface area (Å²) in [6.45, 7) is 1.89. The first-order chi connectivity index (χ1) is 8.45. The van der Waals surface area contributed by atoms with E-state index >= 15 is 0 Å². The van der Waals surface area contributed by atoms with Gasteiger partial charge in [-0.2, -0.15) is 0 Å². The fourth-order valence-corrected chi connectivity index (χ4v) is 1.47. The van der Waals surface area contributed by atoms with Crippen molar-refractivity contribution in [1.82, 2.24) is 4.90 Å². The number of rotatable bonds is 5. The summed E-state index contributed by atoms with van der Waals surface area (Å²) in [5.41, 5.74) is -0.261. The summed E-state index contributed by atoms with van der Waals surface area (Å²) in [7, 11) is 0. The Labute approximate surface area is 103 Å². The van der Waals surface area contributed by atoms with Crippen molar-refractivity contribution in [2.24, 2.45) is 0 Å². The molecule has 6 heteroatoms. The highest BCUT2D eigenvalue weighted by molar-refractivity contribution is 5.94. The first-order valence-corrected chi connectivity index (χ1v) is 5.41. The van der Waals surface area contributed by atoms with Gasteiger partial charge in [0.2, 0.25) is 0 Å². The molecule has 0 saturated heterocycles. The molecule has 18 heavy (non-hydrogen) atoms. The molecule has 0 radical (unpaired) electrons. The summed E-state index contributed by atoms with van der Waals surface area (Å²) >= 11 is 0. The van der Waals surface area contributed by atoms with E-state index in [4.69, 9.17) is 5.11 Å². The molecule has 0 bridgehead atoms. The Kier molecular flexibility index (Phi) is 4.76. The molecule has 0 aromatic heterocycles. The van der Waals surface area contributed by atoms with E-state index in [1.165, 1.54) is 4.90 Å². The molecule has 0 atom stereocenters. The lowest BCUT2D eigenvalue weighted by Crippen LogP contribution is -2.33. The van der Waals surface area contributed by atoms with Gasteiger partial charge >= 0.3 is 5.97 Å². The third-order valence-corrected chi connectivity index (χ3v) is 2.43. The second-order valence-corrected chi connectivity index (χ2v) is 3.65. The van der Waals surface area contributed by atoms with Gasteiger partial charge in [0.1, 0.15) is 11.6 Å². The number of carboxylic acid groups (broad SMARTS) is 1. The number of nitrogens with zero attached hydrogens (tertiary/aromatic N) is 1. The van der Waals surface area contributed by atoms with Gasteiger partial charge in [-0.25, -0.2) is 8.78 Å². The highest BCUT2D eigenvalue weighted by Gasteiger charge is 2.18. The fourth-order valence-electron chi connectivity index (χ4n) is 1.47. The molecule has 1 amide bonds. The SMILES string of the molecule is CCN(CCC(=O)O)C(=O)c1ccc(F)cc1F. The van der Waals surface area contributed by atoms with E-state index in [1.807, 2.05) is 0 Å². The minimum atomic E-state index is -1.04. The van der Waals surface area contributed by atoms with Crippen molar-refractivity contribution in [3.63, 3.8) is 0 Å². The second-order valence-electron chi connectivity index (χ2n) is 3.65. The maximum atomic E-state index is 13.4. The van der Waals surface area contributed by atoms with E-state index in [0.29, 0.717) is 6.07 Å². The third kappa shape index (κ3) is 3.51. The van der Waals surface area contributed by atoms with Crippen molar-refractivity contribution in [3.05, 3.63) is 35.4 Å². The summed E-state index contributed by atoms with van der Waals surface area (Å²) in [6, 6.07) is 2.66. The van der Waals surface area contributed by atoms with Crippen LogP contribution in [0.15, 0.2) is 18.2 Å². The summed E-state index contributed by atoms with van der Waals surface area (Å²) < 4.78 is 26.1. The Balaban J connectivity index is 2.86. The lowest BCUT2D eigenvalue weighted by molar-refractivity contribution is -0.137. The fraction of sp³-hybridized carbons (Fsp3) is 0.333. The number of carbonyl (C=O) groups is 2. The smallest absolute Gasteiger partial charge is 0.305 e. The highest BCUT2D eigenvalue weighted by Crippen LogP contribution is 2.12. The minimum Gasteiger partial charge on any atom is -0.481 e. The number of carbonyl (C=O) groups excluding carboxylic acids is 1. The van der Waals surface area contributed by atoms with E-state index in [0.717, 1.165) is 12.1 Å². The monoisotopic (exact) mass is 257 g/mol. The number of hydrogen-bond donors (Lipinski definition) is 1. The van der Waals surface area contributed by atoms with Gasteiger partial charge in [0.05, 0.1) is 12.0 Å². The first kappa shape index (κ1) is 14.1. The van der Waals surface area contributed by atoms with Crippen LogP contribution in [0.2, 0.25) is 0 Å². The van der Waals surface area contributed by atoms with Gasteiger partial charge in [-0.05, 0) is 19.1 Å². The van der Waals surface area contributed by atoms with E-state index in [-0.39, 0.29) is 25.1 Å². The molecule has 1 aromatic rings. The van der Waals surface area contributed by atoms with Crippen molar-refractivity contribution in [2.45, 2.75) is 13.3 Å². The molecule has 0 aliphatic rings. The zero-order valence-corrected chi connectivity index (χ0v) is 9.82. The number of carboxylic acids is 1. The lowest BCUT2D eigenvalue weighted by Gasteiger charge is -2.20. The molecule has 1 aromatic carbocycles. The van der Waals surface area contributed by atoms with Crippen LogP contribution in [0.4, 0.5) is 8.78 Å². The number of aliphatic carboxylic acids is 1. The maximum absolute atomic E-state index is 13.4. The number of benzene rings is 1. The average Bonchev–Trinajstić information content (AvgIpc) is 2.29. The van der Waals surface area contributed by atoms with Crippen LogP contribution in [-0.4, -0.2) is 35.0 Å². The van der Waals surface area contributed by atoms with Crippen LogP contribution >= 0.6 is 0 Å². The van der Waals surface area contributed by atoms with Crippen molar-refractivity contribution in [2.75, 3.05) is 13.1 Å². The van der Waals surface area contributed by atoms with Crippen molar-refractivity contribution >= 4 is 11.9 Å². The lowest BCUT2D eigenvalue weighted by atomic mass is 10.1. The van der Waals surface area contributed by atoms with Crippen LogP contribution in [-0.2, 0) is 4.79 Å². The summed E-state index contributed by atoms with van der Waals surface area (Å²) in [6.07, 6.45) is -0.220. The van der Waals surface area contributed by atoms with E-state index in [2.05, 4.69) is 0 Å². The maximum Gasteiger partial charge on any atom is 0.305 e. The molecule has 1 rings (SSSR count). The molecule has 0 heterocycles. The van der Waals surface area contributed by atoms with Gasteiger partial charge in [0, 0.05) is 19.2 Å². The molecule has 0 aliphatic carbocycles. The second kappa shape index (κ2) is 6.09. The van der Waals surface area contributed by atoms with Gasteiger partial charge in [-0.15, -0.1) is 0 Å². The Morgan fingerprint density at radius 2 is 2.00 bits per heavy atom.